The fraction of sp³-hybridized carbons (Fsp3) is 0.562. The predicted molar refractivity (Wildman–Crippen MR) is 87.6 cm³/mol. The molecule has 1 heterocycles. The topological polar surface area (TPSA) is 46.3 Å². The molecular formula is C16H22Cl2N2O. The summed E-state index contributed by atoms with van der Waals surface area (Å²) in [5, 5.41) is 1.23. The zero-order valence-corrected chi connectivity index (χ0v) is 14.0. The van der Waals surface area contributed by atoms with Crippen LogP contribution in [-0.4, -0.2) is 23.4 Å². The smallest absolute Gasteiger partial charge is 0.223 e. The molecule has 2 N–H and O–H groups in total. The van der Waals surface area contributed by atoms with E-state index in [9.17, 15) is 4.79 Å². The molecule has 0 aliphatic carbocycles. The van der Waals surface area contributed by atoms with Crippen molar-refractivity contribution in [2.45, 2.75) is 45.2 Å². The number of hydrogen-bond acceptors (Lipinski definition) is 2. The van der Waals surface area contributed by atoms with Crippen LogP contribution in [-0.2, 0) is 4.79 Å². The standard InChI is InChI=1S/C16H22Cl2N2O/c1-10(2)9-20-15(21)5-3-4-14(19)16(20)12-8-11(17)6-7-13(12)18/h6-8,10,14,16H,3-5,9,19H2,1-2H3. The maximum atomic E-state index is 12.5. The minimum Gasteiger partial charge on any atom is -0.334 e. The molecule has 21 heavy (non-hydrogen) atoms. The van der Waals surface area contributed by atoms with Crippen LogP contribution in [0.3, 0.4) is 0 Å². The largest absolute Gasteiger partial charge is 0.334 e. The third kappa shape index (κ3) is 3.91. The van der Waals surface area contributed by atoms with Crippen molar-refractivity contribution in [1.29, 1.82) is 0 Å². The van der Waals surface area contributed by atoms with Gasteiger partial charge in [-0.2, -0.15) is 0 Å². The van der Waals surface area contributed by atoms with Crippen molar-refractivity contribution in [2.75, 3.05) is 6.54 Å². The number of amides is 1. The summed E-state index contributed by atoms with van der Waals surface area (Å²) in [6.07, 6.45) is 2.19. The number of likely N-dealkylation sites (tertiary alicyclic amines) is 1. The van der Waals surface area contributed by atoms with Crippen LogP contribution < -0.4 is 5.73 Å². The average molecular weight is 329 g/mol. The molecule has 0 bridgehead atoms. The quantitative estimate of drug-likeness (QED) is 0.910. The van der Waals surface area contributed by atoms with Crippen LogP contribution in [0.1, 0.15) is 44.7 Å². The van der Waals surface area contributed by atoms with Gasteiger partial charge in [-0.1, -0.05) is 37.0 Å². The fourth-order valence-electron chi connectivity index (χ4n) is 2.93. The molecule has 1 aromatic carbocycles. The number of halogens is 2. The predicted octanol–water partition coefficient (Wildman–Crippen LogP) is 4.03. The van der Waals surface area contributed by atoms with Crippen molar-refractivity contribution in [3.05, 3.63) is 33.8 Å². The summed E-state index contributed by atoms with van der Waals surface area (Å²) in [5.41, 5.74) is 7.22. The van der Waals surface area contributed by atoms with E-state index in [0.717, 1.165) is 18.4 Å². The van der Waals surface area contributed by atoms with E-state index in [2.05, 4.69) is 13.8 Å². The third-order valence-electron chi connectivity index (χ3n) is 3.83. The number of rotatable bonds is 3. The monoisotopic (exact) mass is 328 g/mol. The first-order valence-electron chi connectivity index (χ1n) is 7.40. The molecule has 3 nitrogen and oxygen atoms in total. The molecule has 5 heteroatoms. The number of hydrogen-bond donors (Lipinski definition) is 1. The van der Waals surface area contributed by atoms with E-state index >= 15 is 0 Å². The fourth-order valence-corrected chi connectivity index (χ4v) is 3.34. The van der Waals surface area contributed by atoms with Gasteiger partial charge in [0.2, 0.25) is 5.91 Å². The molecule has 0 aromatic heterocycles. The highest BCUT2D eigenvalue weighted by Gasteiger charge is 2.34. The van der Waals surface area contributed by atoms with E-state index in [4.69, 9.17) is 28.9 Å². The number of carbonyl (C=O) groups excluding carboxylic acids is 1. The van der Waals surface area contributed by atoms with E-state index in [1.54, 1.807) is 12.1 Å². The highest BCUT2D eigenvalue weighted by atomic mass is 35.5. The van der Waals surface area contributed by atoms with Gasteiger partial charge < -0.3 is 10.6 Å². The van der Waals surface area contributed by atoms with Gasteiger partial charge in [0.15, 0.2) is 0 Å². The van der Waals surface area contributed by atoms with E-state index in [0.29, 0.717) is 28.9 Å². The molecule has 1 aliphatic heterocycles. The Morgan fingerprint density at radius 1 is 1.38 bits per heavy atom. The minimum atomic E-state index is -0.200. The van der Waals surface area contributed by atoms with Gasteiger partial charge in [0, 0.05) is 29.1 Å². The van der Waals surface area contributed by atoms with Gasteiger partial charge in [-0.15, -0.1) is 0 Å². The Balaban J connectivity index is 2.46. The van der Waals surface area contributed by atoms with Crippen molar-refractivity contribution in [3.63, 3.8) is 0 Å². The van der Waals surface area contributed by atoms with Gasteiger partial charge in [0.05, 0.1) is 6.04 Å². The number of nitrogens with two attached hydrogens (primary N) is 1. The molecule has 1 amide bonds. The Bertz CT molecular complexity index is 519. The first-order valence-corrected chi connectivity index (χ1v) is 8.15. The zero-order valence-electron chi connectivity index (χ0n) is 12.5. The summed E-state index contributed by atoms with van der Waals surface area (Å²) in [6.45, 7) is 4.88. The second-order valence-corrected chi connectivity index (χ2v) is 6.95. The first-order chi connectivity index (χ1) is 9.90. The van der Waals surface area contributed by atoms with Gasteiger partial charge in [-0.3, -0.25) is 4.79 Å². The van der Waals surface area contributed by atoms with Crippen LogP contribution in [0.4, 0.5) is 0 Å². The molecule has 2 unspecified atom stereocenters. The second-order valence-electron chi connectivity index (χ2n) is 6.11. The summed E-state index contributed by atoms with van der Waals surface area (Å²) in [5.74, 6) is 0.525. The first kappa shape index (κ1) is 16.6. The Labute approximate surface area is 136 Å². The molecule has 2 atom stereocenters. The van der Waals surface area contributed by atoms with Gasteiger partial charge in [0.25, 0.3) is 0 Å². The molecule has 1 aliphatic rings. The zero-order chi connectivity index (χ0) is 15.6. The molecule has 1 fully saturated rings. The van der Waals surface area contributed by atoms with Crippen LogP contribution in [0.15, 0.2) is 18.2 Å². The lowest BCUT2D eigenvalue weighted by Gasteiger charge is -2.35. The number of nitrogens with zero attached hydrogens (tertiary/aromatic N) is 1. The highest BCUT2D eigenvalue weighted by molar-refractivity contribution is 6.33. The van der Waals surface area contributed by atoms with Crippen LogP contribution in [0.5, 0.6) is 0 Å². The van der Waals surface area contributed by atoms with Crippen LogP contribution in [0.25, 0.3) is 0 Å². The molecular weight excluding hydrogens is 307 g/mol. The Morgan fingerprint density at radius 3 is 2.76 bits per heavy atom. The van der Waals surface area contributed by atoms with Gasteiger partial charge in [0.1, 0.15) is 0 Å². The average Bonchev–Trinajstić information content (AvgIpc) is 2.53. The van der Waals surface area contributed by atoms with Gasteiger partial charge in [-0.25, -0.2) is 0 Å². The molecule has 0 radical (unpaired) electrons. The third-order valence-corrected chi connectivity index (χ3v) is 4.41. The summed E-state index contributed by atoms with van der Waals surface area (Å²) < 4.78 is 0. The second kappa shape index (κ2) is 6.99. The molecule has 1 saturated heterocycles. The van der Waals surface area contributed by atoms with E-state index < -0.39 is 0 Å². The molecule has 0 saturated carbocycles. The van der Waals surface area contributed by atoms with Crippen molar-refractivity contribution in [3.8, 4) is 0 Å². The molecule has 2 rings (SSSR count). The van der Waals surface area contributed by atoms with Crippen molar-refractivity contribution < 1.29 is 4.79 Å². The summed E-state index contributed by atoms with van der Waals surface area (Å²) in [4.78, 5) is 14.4. The summed E-state index contributed by atoms with van der Waals surface area (Å²) in [7, 11) is 0. The maximum absolute atomic E-state index is 12.5. The van der Waals surface area contributed by atoms with E-state index in [1.807, 2.05) is 11.0 Å². The van der Waals surface area contributed by atoms with Crippen molar-refractivity contribution in [1.82, 2.24) is 4.90 Å². The van der Waals surface area contributed by atoms with E-state index in [-0.39, 0.29) is 18.0 Å². The lowest BCUT2D eigenvalue weighted by molar-refractivity contribution is -0.133. The lowest BCUT2D eigenvalue weighted by atomic mass is 9.95. The van der Waals surface area contributed by atoms with Gasteiger partial charge in [-0.05, 0) is 42.5 Å². The lowest BCUT2D eigenvalue weighted by Crippen LogP contribution is -2.44. The minimum absolute atomic E-state index is 0.119. The van der Waals surface area contributed by atoms with Crippen LogP contribution >= 0.6 is 23.2 Å². The summed E-state index contributed by atoms with van der Waals surface area (Å²) in [6, 6.07) is 5.04. The van der Waals surface area contributed by atoms with Gasteiger partial charge >= 0.3 is 0 Å². The maximum Gasteiger partial charge on any atom is 0.223 e. The Morgan fingerprint density at radius 2 is 2.10 bits per heavy atom. The SMILES string of the molecule is CC(C)CN1C(=O)CCCC(N)C1c1cc(Cl)ccc1Cl. The van der Waals surface area contributed by atoms with Crippen LogP contribution in [0, 0.1) is 5.92 Å². The van der Waals surface area contributed by atoms with Crippen molar-refractivity contribution in [2.24, 2.45) is 11.7 Å². The Kier molecular flexibility index (Phi) is 5.53. The molecule has 1 aromatic rings. The summed E-state index contributed by atoms with van der Waals surface area (Å²) >= 11 is 12.5. The Hall–Kier alpha value is -0.770. The normalized spacial score (nSPS) is 23.5. The van der Waals surface area contributed by atoms with E-state index in [1.165, 1.54) is 0 Å². The number of carbonyl (C=O) groups is 1. The van der Waals surface area contributed by atoms with Crippen LogP contribution in [0.2, 0.25) is 10.0 Å². The number of benzene rings is 1. The highest BCUT2D eigenvalue weighted by Crippen LogP contribution is 2.36. The molecule has 0 spiro atoms. The van der Waals surface area contributed by atoms with Crippen molar-refractivity contribution >= 4 is 29.1 Å². The molecule has 116 valence electrons.